The summed E-state index contributed by atoms with van der Waals surface area (Å²) in [5, 5.41) is 4.90. The van der Waals surface area contributed by atoms with Crippen LogP contribution in [0.4, 0.5) is 0 Å². The normalized spacial score (nSPS) is 14.4. The van der Waals surface area contributed by atoms with Crippen molar-refractivity contribution in [2.75, 3.05) is 0 Å². The lowest BCUT2D eigenvalue weighted by Crippen LogP contribution is -2.42. The molecule has 0 bridgehead atoms. The number of amides is 1. The van der Waals surface area contributed by atoms with Crippen LogP contribution in [0.1, 0.15) is 22.3 Å². The highest BCUT2D eigenvalue weighted by Crippen LogP contribution is 2.26. The maximum Gasteiger partial charge on any atom is 0.243 e. The Balaban J connectivity index is 1.38. The van der Waals surface area contributed by atoms with Crippen LogP contribution in [-0.2, 0) is 47.9 Å². The third kappa shape index (κ3) is 5.39. The van der Waals surface area contributed by atoms with Gasteiger partial charge < -0.3 is 10.6 Å². The number of hydrogen-bond acceptors (Lipinski definition) is 5. The Labute approximate surface area is 202 Å². The molecule has 33 heavy (non-hydrogen) atoms. The lowest BCUT2D eigenvalue weighted by molar-refractivity contribution is -0.133. The number of carbonyl (C=O) groups excluding carboxylic acids is 1. The van der Waals surface area contributed by atoms with E-state index in [1.54, 1.807) is 30.1 Å². The Morgan fingerprint density at radius 2 is 1.94 bits per heavy atom. The summed E-state index contributed by atoms with van der Waals surface area (Å²) in [6, 6.07) is 10.1. The molecule has 1 atom stereocenters. The second-order valence-electron chi connectivity index (χ2n) is 8.02. The Morgan fingerprint density at radius 1 is 1.18 bits per heavy atom. The standard InChI is InChI=1S/C22H23Cl2N5O3S/c1-28-13-19(10-26-28)33(31,32)27-9-14-2-3-16-11-29(12-17(16)6-14)22(30)21(25)7-15-4-5-18(23)8-20(15)24/h2-6,8,10,13,21,27H,7,9,11-12,25H2,1H3/t21-/m1/s1. The van der Waals surface area contributed by atoms with Gasteiger partial charge in [-0.25, -0.2) is 13.1 Å². The molecule has 0 radical (unpaired) electrons. The quantitative estimate of drug-likeness (QED) is 0.510. The van der Waals surface area contributed by atoms with E-state index in [1.807, 2.05) is 18.2 Å². The van der Waals surface area contributed by atoms with Gasteiger partial charge in [0, 0.05) is 42.9 Å². The average molecular weight is 508 g/mol. The second kappa shape index (κ2) is 9.44. The smallest absolute Gasteiger partial charge is 0.243 e. The highest BCUT2D eigenvalue weighted by Gasteiger charge is 2.28. The molecule has 0 saturated carbocycles. The first-order valence-corrected chi connectivity index (χ1v) is 12.4. The summed E-state index contributed by atoms with van der Waals surface area (Å²) in [5.74, 6) is -0.170. The zero-order valence-corrected chi connectivity index (χ0v) is 20.2. The number of nitrogens with zero attached hydrogens (tertiary/aromatic N) is 3. The number of hydrogen-bond donors (Lipinski definition) is 2. The van der Waals surface area contributed by atoms with E-state index in [-0.39, 0.29) is 17.3 Å². The average Bonchev–Trinajstić information content (AvgIpc) is 3.40. The lowest BCUT2D eigenvalue weighted by atomic mass is 10.1. The van der Waals surface area contributed by atoms with Crippen molar-refractivity contribution in [1.82, 2.24) is 19.4 Å². The third-order valence-electron chi connectivity index (χ3n) is 5.53. The lowest BCUT2D eigenvalue weighted by Gasteiger charge is -2.20. The molecule has 3 aromatic rings. The SMILES string of the molecule is Cn1cc(S(=O)(=O)NCc2ccc3c(c2)CN(C(=O)[C@H](N)Cc2ccc(Cl)cc2Cl)C3)cn1. The molecule has 11 heteroatoms. The van der Waals surface area contributed by atoms with Gasteiger partial charge in [-0.3, -0.25) is 9.48 Å². The molecular formula is C22H23Cl2N5O3S. The largest absolute Gasteiger partial charge is 0.333 e. The van der Waals surface area contributed by atoms with E-state index in [1.165, 1.54) is 17.1 Å². The molecule has 8 nitrogen and oxygen atoms in total. The van der Waals surface area contributed by atoms with Crippen molar-refractivity contribution in [1.29, 1.82) is 0 Å². The third-order valence-corrected chi connectivity index (χ3v) is 7.48. The Morgan fingerprint density at radius 3 is 2.64 bits per heavy atom. The number of carbonyl (C=O) groups is 1. The number of benzene rings is 2. The maximum atomic E-state index is 12.9. The minimum Gasteiger partial charge on any atom is -0.333 e. The monoisotopic (exact) mass is 507 g/mol. The summed E-state index contributed by atoms with van der Waals surface area (Å²) in [7, 11) is -2.00. The van der Waals surface area contributed by atoms with Crippen LogP contribution in [0.2, 0.25) is 10.0 Å². The van der Waals surface area contributed by atoms with Gasteiger partial charge in [0.2, 0.25) is 15.9 Å². The maximum absolute atomic E-state index is 12.9. The zero-order chi connectivity index (χ0) is 23.8. The minimum atomic E-state index is -3.66. The summed E-state index contributed by atoms with van der Waals surface area (Å²) in [6.07, 6.45) is 3.05. The van der Waals surface area contributed by atoms with Crippen LogP contribution >= 0.6 is 23.2 Å². The van der Waals surface area contributed by atoms with E-state index in [0.717, 1.165) is 22.3 Å². The van der Waals surface area contributed by atoms with Crippen molar-refractivity contribution < 1.29 is 13.2 Å². The van der Waals surface area contributed by atoms with E-state index in [4.69, 9.17) is 28.9 Å². The summed E-state index contributed by atoms with van der Waals surface area (Å²) in [5.41, 5.74) is 9.73. The molecule has 0 unspecified atom stereocenters. The summed E-state index contributed by atoms with van der Waals surface area (Å²) in [4.78, 5) is 14.7. The van der Waals surface area contributed by atoms with Gasteiger partial charge in [0.15, 0.2) is 0 Å². The number of aromatic nitrogens is 2. The number of nitrogens with two attached hydrogens (primary N) is 1. The van der Waals surface area contributed by atoms with Crippen LogP contribution < -0.4 is 10.5 Å². The van der Waals surface area contributed by atoms with Gasteiger partial charge in [-0.1, -0.05) is 47.5 Å². The van der Waals surface area contributed by atoms with Crippen molar-refractivity contribution in [2.24, 2.45) is 12.8 Å². The molecule has 1 aromatic heterocycles. The molecule has 1 aliphatic rings. The molecule has 1 aliphatic heterocycles. The highest BCUT2D eigenvalue weighted by molar-refractivity contribution is 7.89. The van der Waals surface area contributed by atoms with Gasteiger partial charge in [-0.2, -0.15) is 5.10 Å². The Bertz CT molecular complexity index is 1310. The fourth-order valence-corrected chi connectivity index (χ4v) is 5.25. The fourth-order valence-electron chi connectivity index (χ4n) is 3.76. The van der Waals surface area contributed by atoms with E-state index in [9.17, 15) is 13.2 Å². The van der Waals surface area contributed by atoms with Crippen LogP contribution in [0.3, 0.4) is 0 Å². The first kappa shape index (κ1) is 23.7. The van der Waals surface area contributed by atoms with Crippen LogP contribution in [0.5, 0.6) is 0 Å². The zero-order valence-electron chi connectivity index (χ0n) is 17.8. The molecule has 0 fully saturated rings. The van der Waals surface area contributed by atoms with E-state index in [0.29, 0.717) is 29.6 Å². The highest BCUT2D eigenvalue weighted by atomic mass is 35.5. The van der Waals surface area contributed by atoms with Crippen molar-refractivity contribution in [3.8, 4) is 0 Å². The summed E-state index contributed by atoms with van der Waals surface area (Å²) < 4.78 is 28.8. The number of rotatable bonds is 7. The number of aryl methyl sites for hydroxylation is 1. The van der Waals surface area contributed by atoms with Crippen LogP contribution in [0.25, 0.3) is 0 Å². The predicted octanol–water partition coefficient (Wildman–Crippen LogP) is 2.62. The molecule has 174 valence electrons. The minimum absolute atomic E-state index is 0.109. The van der Waals surface area contributed by atoms with Crippen LogP contribution in [0, 0.1) is 0 Å². The van der Waals surface area contributed by atoms with Gasteiger partial charge in [0.1, 0.15) is 4.90 Å². The molecule has 4 rings (SSSR count). The van der Waals surface area contributed by atoms with Gasteiger partial charge in [0.05, 0.1) is 12.2 Å². The number of sulfonamides is 1. The van der Waals surface area contributed by atoms with Crippen molar-refractivity contribution >= 4 is 39.1 Å². The fraction of sp³-hybridized carbons (Fsp3) is 0.273. The predicted molar refractivity (Wildman–Crippen MR) is 126 cm³/mol. The van der Waals surface area contributed by atoms with E-state index < -0.39 is 16.1 Å². The second-order valence-corrected chi connectivity index (χ2v) is 10.6. The van der Waals surface area contributed by atoms with Crippen LogP contribution in [0.15, 0.2) is 53.7 Å². The van der Waals surface area contributed by atoms with Gasteiger partial charge in [-0.05, 0) is 40.8 Å². The molecular weight excluding hydrogens is 485 g/mol. The van der Waals surface area contributed by atoms with Crippen LogP contribution in [-0.4, -0.2) is 35.0 Å². The first-order chi connectivity index (χ1) is 15.6. The van der Waals surface area contributed by atoms with Gasteiger partial charge in [-0.15, -0.1) is 0 Å². The van der Waals surface area contributed by atoms with Crippen molar-refractivity contribution in [2.45, 2.75) is 37.0 Å². The van der Waals surface area contributed by atoms with E-state index >= 15 is 0 Å². The number of nitrogens with one attached hydrogen (secondary N) is 1. The molecule has 3 N–H and O–H groups in total. The van der Waals surface area contributed by atoms with Gasteiger partial charge >= 0.3 is 0 Å². The molecule has 2 heterocycles. The molecule has 0 spiro atoms. The first-order valence-electron chi connectivity index (χ1n) is 10.2. The van der Waals surface area contributed by atoms with Crippen molar-refractivity contribution in [3.05, 3.63) is 81.1 Å². The Kier molecular flexibility index (Phi) is 6.78. The molecule has 1 amide bonds. The van der Waals surface area contributed by atoms with Crippen molar-refractivity contribution in [3.63, 3.8) is 0 Å². The topological polar surface area (TPSA) is 110 Å². The summed E-state index contributed by atoms with van der Waals surface area (Å²) in [6.45, 7) is 1.00. The van der Waals surface area contributed by atoms with E-state index in [2.05, 4.69) is 9.82 Å². The van der Waals surface area contributed by atoms with Gasteiger partial charge in [0.25, 0.3) is 0 Å². The number of halogens is 2. The summed E-state index contributed by atoms with van der Waals surface area (Å²) >= 11 is 12.1. The molecule has 0 aliphatic carbocycles. The molecule has 2 aromatic carbocycles. The Hall–Kier alpha value is -2.43. The number of fused-ring (bicyclic) bond motifs is 1. The molecule has 0 saturated heterocycles.